The van der Waals surface area contributed by atoms with Crippen molar-refractivity contribution in [1.82, 2.24) is 5.32 Å². The summed E-state index contributed by atoms with van der Waals surface area (Å²) in [7, 11) is 0. The summed E-state index contributed by atoms with van der Waals surface area (Å²) in [6.07, 6.45) is 0.307. The monoisotopic (exact) mass is 257 g/mol. The number of rotatable bonds is 4. The van der Waals surface area contributed by atoms with Crippen LogP contribution in [0.15, 0.2) is 24.3 Å². The quantitative estimate of drug-likeness (QED) is 0.803. The molecule has 3 nitrogen and oxygen atoms in total. The molecule has 0 aliphatic heterocycles. The molecule has 0 bridgehead atoms. The van der Waals surface area contributed by atoms with E-state index in [1.807, 2.05) is 6.07 Å². The first kappa shape index (κ1) is 11.0. The highest BCUT2D eigenvalue weighted by Gasteiger charge is 2.02. The van der Waals surface area contributed by atoms with Crippen LogP contribution in [0.3, 0.4) is 0 Å². The molecular formula is C10H12BrNO2. The highest BCUT2D eigenvalue weighted by molar-refractivity contribution is 9.09. The van der Waals surface area contributed by atoms with Crippen molar-refractivity contribution in [1.29, 1.82) is 0 Å². The van der Waals surface area contributed by atoms with Crippen molar-refractivity contribution in [3.63, 3.8) is 0 Å². The van der Waals surface area contributed by atoms with Crippen LogP contribution in [0.25, 0.3) is 0 Å². The third kappa shape index (κ3) is 3.79. The Bertz CT molecular complexity index is 315. The molecule has 0 heterocycles. The van der Waals surface area contributed by atoms with Gasteiger partial charge in [-0.1, -0.05) is 28.1 Å². The molecule has 0 saturated carbocycles. The highest BCUT2D eigenvalue weighted by atomic mass is 79.9. The Kier molecular flexibility index (Phi) is 4.46. The normalized spacial score (nSPS) is 9.79. The van der Waals surface area contributed by atoms with Gasteiger partial charge in [0.25, 0.3) is 0 Å². The van der Waals surface area contributed by atoms with E-state index in [0.717, 1.165) is 10.9 Å². The molecule has 0 unspecified atom stereocenters. The first-order valence-electron chi connectivity index (χ1n) is 4.33. The minimum absolute atomic E-state index is 0.0324. The molecule has 0 aliphatic rings. The first-order chi connectivity index (χ1) is 6.72. The second-order valence-corrected chi connectivity index (χ2v) is 3.68. The van der Waals surface area contributed by atoms with E-state index < -0.39 is 0 Å². The lowest BCUT2D eigenvalue weighted by atomic mass is 10.1. The molecule has 1 amide bonds. The number of carbonyl (C=O) groups excluding carboxylic acids is 1. The van der Waals surface area contributed by atoms with Gasteiger partial charge in [0.15, 0.2) is 0 Å². The van der Waals surface area contributed by atoms with Gasteiger partial charge in [0.1, 0.15) is 5.75 Å². The minimum Gasteiger partial charge on any atom is -0.508 e. The van der Waals surface area contributed by atoms with Crippen LogP contribution in [0, 0.1) is 0 Å². The standard InChI is InChI=1S/C10H12BrNO2/c11-4-5-12-10(14)7-8-2-1-3-9(13)6-8/h1-3,6,13H,4-5,7H2,(H,12,14). The molecule has 0 spiro atoms. The maximum absolute atomic E-state index is 11.3. The van der Waals surface area contributed by atoms with Gasteiger partial charge in [-0.15, -0.1) is 0 Å². The van der Waals surface area contributed by atoms with E-state index in [1.54, 1.807) is 18.2 Å². The molecule has 0 aliphatic carbocycles. The number of nitrogens with one attached hydrogen (secondary N) is 1. The van der Waals surface area contributed by atoms with E-state index >= 15 is 0 Å². The van der Waals surface area contributed by atoms with Crippen molar-refractivity contribution in [2.24, 2.45) is 0 Å². The largest absolute Gasteiger partial charge is 0.508 e. The molecule has 4 heteroatoms. The number of carbonyl (C=O) groups is 1. The van der Waals surface area contributed by atoms with E-state index in [2.05, 4.69) is 21.2 Å². The van der Waals surface area contributed by atoms with Crippen LogP contribution in [-0.2, 0) is 11.2 Å². The Balaban J connectivity index is 2.47. The van der Waals surface area contributed by atoms with Gasteiger partial charge in [0, 0.05) is 11.9 Å². The SMILES string of the molecule is O=C(Cc1cccc(O)c1)NCCBr. The smallest absolute Gasteiger partial charge is 0.224 e. The Morgan fingerprint density at radius 1 is 1.50 bits per heavy atom. The number of phenols is 1. The third-order valence-corrected chi connectivity index (χ3v) is 2.09. The summed E-state index contributed by atoms with van der Waals surface area (Å²) in [6.45, 7) is 0.623. The summed E-state index contributed by atoms with van der Waals surface area (Å²) in [5, 5.41) is 12.6. The second-order valence-electron chi connectivity index (χ2n) is 2.89. The zero-order valence-corrected chi connectivity index (χ0v) is 9.25. The van der Waals surface area contributed by atoms with E-state index in [4.69, 9.17) is 5.11 Å². The molecular weight excluding hydrogens is 246 g/mol. The van der Waals surface area contributed by atoms with Crippen molar-refractivity contribution in [3.05, 3.63) is 29.8 Å². The van der Waals surface area contributed by atoms with Crippen molar-refractivity contribution in [2.75, 3.05) is 11.9 Å². The lowest BCUT2D eigenvalue weighted by molar-refractivity contribution is -0.120. The van der Waals surface area contributed by atoms with E-state index in [1.165, 1.54) is 0 Å². The van der Waals surface area contributed by atoms with Gasteiger partial charge in [-0.25, -0.2) is 0 Å². The predicted molar refractivity (Wildman–Crippen MR) is 58.6 cm³/mol. The topological polar surface area (TPSA) is 49.3 Å². The van der Waals surface area contributed by atoms with Crippen LogP contribution in [0.2, 0.25) is 0 Å². The summed E-state index contributed by atoms with van der Waals surface area (Å²) in [5.41, 5.74) is 0.817. The molecule has 14 heavy (non-hydrogen) atoms. The zero-order chi connectivity index (χ0) is 10.4. The maximum atomic E-state index is 11.3. The molecule has 1 aromatic carbocycles. The average molecular weight is 258 g/mol. The van der Waals surface area contributed by atoms with Gasteiger partial charge >= 0.3 is 0 Å². The first-order valence-corrected chi connectivity index (χ1v) is 5.45. The summed E-state index contributed by atoms with van der Waals surface area (Å²) >= 11 is 3.22. The van der Waals surface area contributed by atoms with Gasteiger partial charge < -0.3 is 10.4 Å². The van der Waals surface area contributed by atoms with Gasteiger partial charge in [0.2, 0.25) is 5.91 Å². The zero-order valence-electron chi connectivity index (χ0n) is 7.66. The van der Waals surface area contributed by atoms with Crippen LogP contribution >= 0.6 is 15.9 Å². The second kappa shape index (κ2) is 5.65. The molecule has 2 N–H and O–H groups in total. The van der Waals surface area contributed by atoms with Crippen molar-refractivity contribution >= 4 is 21.8 Å². The van der Waals surface area contributed by atoms with Crippen LogP contribution in [0.1, 0.15) is 5.56 Å². The number of benzene rings is 1. The van der Waals surface area contributed by atoms with E-state index in [9.17, 15) is 4.79 Å². The van der Waals surface area contributed by atoms with E-state index in [-0.39, 0.29) is 11.7 Å². The number of aromatic hydroxyl groups is 1. The van der Waals surface area contributed by atoms with Gasteiger partial charge in [-0.2, -0.15) is 0 Å². The lowest BCUT2D eigenvalue weighted by Crippen LogP contribution is -2.26. The molecule has 0 aromatic heterocycles. The van der Waals surface area contributed by atoms with Crippen LogP contribution in [0.5, 0.6) is 5.75 Å². The average Bonchev–Trinajstić information content (AvgIpc) is 2.15. The molecule has 0 atom stereocenters. The van der Waals surface area contributed by atoms with Gasteiger partial charge in [0.05, 0.1) is 6.42 Å². The van der Waals surface area contributed by atoms with Gasteiger partial charge in [-0.3, -0.25) is 4.79 Å². The Morgan fingerprint density at radius 3 is 2.93 bits per heavy atom. The van der Waals surface area contributed by atoms with Crippen LogP contribution < -0.4 is 5.32 Å². The number of hydrogen-bond donors (Lipinski definition) is 2. The van der Waals surface area contributed by atoms with Crippen LogP contribution in [0.4, 0.5) is 0 Å². The van der Waals surface area contributed by atoms with Crippen molar-refractivity contribution < 1.29 is 9.90 Å². The van der Waals surface area contributed by atoms with Crippen molar-refractivity contribution in [3.8, 4) is 5.75 Å². The number of alkyl halides is 1. The Hall–Kier alpha value is -1.03. The summed E-state index contributed by atoms with van der Waals surface area (Å²) < 4.78 is 0. The summed E-state index contributed by atoms with van der Waals surface area (Å²) in [6, 6.07) is 6.71. The Labute approximate surface area is 91.3 Å². The summed E-state index contributed by atoms with van der Waals surface area (Å²) in [4.78, 5) is 11.3. The fraction of sp³-hybridized carbons (Fsp3) is 0.300. The Morgan fingerprint density at radius 2 is 2.29 bits per heavy atom. The predicted octanol–water partition coefficient (Wildman–Crippen LogP) is 1.45. The fourth-order valence-corrected chi connectivity index (χ4v) is 1.30. The van der Waals surface area contributed by atoms with Gasteiger partial charge in [-0.05, 0) is 17.7 Å². The molecule has 0 fully saturated rings. The molecule has 1 rings (SSSR count). The number of amides is 1. The highest BCUT2D eigenvalue weighted by Crippen LogP contribution is 2.10. The fourth-order valence-electron chi connectivity index (χ4n) is 1.10. The number of phenolic OH excluding ortho intramolecular Hbond substituents is 1. The third-order valence-electron chi connectivity index (χ3n) is 1.69. The lowest BCUT2D eigenvalue weighted by Gasteiger charge is -2.03. The van der Waals surface area contributed by atoms with Crippen LogP contribution in [-0.4, -0.2) is 22.9 Å². The number of halogens is 1. The molecule has 1 aromatic rings. The minimum atomic E-state index is -0.0324. The van der Waals surface area contributed by atoms with Crippen molar-refractivity contribution in [2.45, 2.75) is 6.42 Å². The molecule has 0 saturated heterocycles. The maximum Gasteiger partial charge on any atom is 0.224 e. The molecule has 76 valence electrons. The molecule has 0 radical (unpaired) electrons. The summed E-state index contributed by atoms with van der Waals surface area (Å²) in [5.74, 6) is 0.158. The number of hydrogen-bond acceptors (Lipinski definition) is 2. The van der Waals surface area contributed by atoms with E-state index in [0.29, 0.717) is 13.0 Å².